The van der Waals surface area contributed by atoms with Crippen molar-refractivity contribution >= 4 is 11.9 Å². The van der Waals surface area contributed by atoms with Crippen LogP contribution in [0.1, 0.15) is 18.1 Å². The maximum absolute atomic E-state index is 11.8. The van der Waals surface area contributed by atoms with Gasteiger partial charge in [0.1, 0.15) is 11.5 Å². The van der Waals surface area contributed by atoms with Crippen LogP contribution in [0.2, 0.25) is 0 Å². The van der Waals surface area contributed by atoms with E-state index in [2.05, 4.69) is 5.32 Å². The quantitative estimate of drug-likeness (QED) is 0.698. The van der Waals surface area contributed by atoms with Gasteiger partial charge in [-0.25, -0.2) is 4.79 Å². The molecule has 0 radical (unpaired) electrons. The van der Waals surface area contributed by atoms with Crippen molar-refractivity contribution in [3.05, 3.63) is 59.7 Å². The molecule has 0 aromatic heterocycles. The molecule has 0 aliphatic rings. The maximum Gasteiger partial charge on any atom is 0.344 e. The summed E-state index contributed by atoms with van der Waals surface area (Å²) in [6, 6.07) is 14.8. The Kier molecular flexibility index (Phi) is 7.49. The lowest BCUT2D eigenvalue weighted by Gasteiger charge is -2.10. The van der Waals surface area contributed by atoms with Crippen molar-refractivity contribution in [1.29, 1.82) is 0 Å². The molecule has 1 N–H and O–H groups in total. The van der Waals surface area contributed by atoms with E-state index in [0.717, 1.165) is 23.3 Å². The van der Waals surface area contributed by atoms with Gasteiger partial charge in [-0.05, 0) is 35.7 Å². The maximum atomic E-state index is 11.8. The highest BCUT2D eigenvalue weighted by atomic mass is 16.6. The summed E-state index contributed by atoms with van der Waals surface area (Å²) < 4.78 is 15.5. The highest BCUT2D eigenvalue weighted by molar-refractivity contribution is 5.80. The second-order valence-electron chi connectivity index (χ2n) is 5.54. The smallest absolute Gasteiger partial charge is 0.344 e. The molecule has 2 aromatic rings. The van der Waals surface area contributed by atoms with E-state index >= 15 is 0 Å². The largest absolute Gasteiger partial charge is 0.497 e. The highest BCUT2D eigenvalue weighted by Crippen LogP contribution is 2.18. The molecule has 2 aromatic carbocycles. The van der Waals surface area contributed by atoms with Crippen molar-refractivity contribution in [1.82, 2.24) is 5.32 Å². The van der Waals surface area contributed by atoms with Crippen molar-refractivity contribution in [3.8, 4) is 11.5 Å². The summed E-state index contributed by atoms with van der Waals surface area (Å²) in [4.78, 5) is 23.5. The third-order valence-corrected chi connectivity index (χ3v) is 3.71. The van der Waals surface area contributed by atoms with Gasteiger partial charge in [0.15, 0.2) is 13.2 Å². The van der Waals surface area contributed by atoms with Crippen LogP contribution >= 0.6 is 0 Å². The predicted molar refractivity (Wildman–Crippen MR) is 97.1 cm³/mol. The number of amides is 1. The lowest BCUT2D eigenvalue weighted by molar-refractivity contribution is -0.150. The number of ether oxygens (including phenoxy) is 3. The zero-order chi connectivity index (χ0) is 18.8. The van der Waals surface area contributed by atoms with Crippen LogP contribution in [-0.4, -0.2) is 32.2 Å². The molecule has 0 spiro atoms. The lowest BCUT2D eigenvalue weighted by Crippen LogP contribution is -2.29. The molecule has 0 atom stereocenters. The number of para-hydroxylation sites is 1. The minimum atomic E-state index is -0.587. The molecular formula is C20H23NO5. The number of carbonyl (C=O) groups is 2. The Morgan fingerprint density at radius 3 is 2.42 bits per heavy atom. The van der Waals surface area contributed by atoms with E-state index in [1.165, 1.54) is 0 Å². The van der Waals surface area contributed by atoms with E-state index < -0.39 is 5.97 Å². The van der Waals surface area contributed by atoms with E-state index in [-0.39, 0.29) is 19.1 Å². The van der Waals surface area contributed by atoms with Crippen LogP contribution in [0.25, 0.3) is 0 Å². The van der Waals surface area contributed by atoms with E-state index in [1.807, 2.05) is 49.4 Å². The van der Waals surface area contributed by atoms with Crippen molar-refractivity contribution in [2.24, 2.45) is 0 Å². The fraction of sp³-hybridized carbons (Fsp3) is 0.300. The zero-order valence-corrected chi connectivity index (χ0v) is 15.0. The third kappa shape index (κ3) is 6.12. The van der Waals surface area contributed by atoms with Crippen LogP contribution < -0.4 is 14.8 Å². The molecule has 138 valence electrons. The van der Waals surface area contributed by atoms with Crippen molar-refractivity contribution in [3.63, 3.8) is 0 Å². The molecule has 0 bridgehead atoms. The highest BCUT2D eigenvalue weighted by Gasteiger charge is 2.09. The molecule has 0 heterocycles. The van der Waals surface area contributed by atoms with Crippen LogP contribution in [0.3, 0.4) is 0 Å². The Hall–Kier alpha value is -3.02. The number of hydrogen-bond acceptors (Lipinski definition) is 5. The number of rotatable bonds is 9. The lowest BCUT2D eigenvalue weighted by atomic mass is 10.1. The monoisotopic (exact) mass is 357 g/mol. The van der Waals surface area contributed by atoms with E-state index in [4.69, 9.17) is 14.2 Å². The molecule has 0 saturated heterocycles. The van der Waals surface area contributed by atoms with Gasteiger partial charge in [-0.1, -0.05) is 37.3 Å². The zero-order valence-electron chi connectivity index (χ0n) is 15.0. The topological polar surface area (TPSA) is 73.9 Å². The van der Waals surface area contributed by atoms with Gasteiger partial charge >= 0.3 is 5.97 Å². The predicted octanol–water partition coefficient (Wildman–Crippen LogP) is 2.50. The van der Waals surface area contributed by atoms with Gasteiger partial charge in [-0.2, -0.15) is 0 Å². The molecule has 1 amide bonds. The molecular weight excluding hydrogens is 334 g/mol. The summed E-state index contributed by atoms with van der Waals surface area (Å²) >= 11 is 0. The summed E-state index contributed by atoms with van der Waals surface area (Å²) in [6.07, 6.45) is 0.805. The van der Waals surface area contributed by atoms with Gasteiger partial charge in [-0.3, -0.25) is 4.79 Å². The number of methoxy groups -OCH3 is 1. The number of esters is 1. The SMILES string of the molecule is CCc1ccccc1OCC(=O)OCC(=O)NCc1ccc(OC)cc1. The van der Waals surface area contributed by atoms with E-state index in [0.29, 0.717) is 12.3 Å². The molecule has 6 nitrogen and oxygen atoms in total. The summed E-state index contributed by atoms with van der Waals surface area (Å²) in [7, 11) is 1.59. The molecule has 0 aliphatic heterocycles. The third-order valence-electron chi connectivity index (χ3n) is 3.71. The molecule has 0 aliphatic carbocycles. The standard InChI is InChI=1S/C20H23NO5/c1-3-16-6-4-5-7-18(16)25-14-20(23)26-13-19(22)21-12-15-8-10-17(24-2)11-9-15/h4-11H,3,12-14H2,1-2H3,(H,21,22). The van der Waals surface area contributed by atoms with E-state index in [9.17, 15) is 9.59 Å². The fourth-order valence-corrected chi connectivity index (χ4v) is 2.26. The second-order valence-corrected chi connectivity index (χ2v) is 5.54. The Morgan fingerprint density at radius 1 is 1.00 bits per heavy atom. The summed E-state index contributed by atoms with van der Waals surface area (Å²) in [5.41, 5.74) is 1.93. The minimum Gasteiger partial charge on any atom is -0.497 e. The van der Waals surface area contributed by atoms with Crippen molar-refractivity contribution in [2.45, 2.75) is 19.9 Å². The average Bonchev–Trinajstić information content (AvgIpc) is 2.69. The van der Waals surface area contributed by atoms with Crippen LogP contribution in [0.5, 0.6) is 11.5 Å². The first-order chi connectivity index (χ1) is 12.6. The summed E-state index contributed by atoms with van der Waals surface area (Å²) in [6.45, 7) is 1.78. The van der Waals surface area contributed by atoms with Crippen molar-refractivity contribution in [2.75, 3.05) is 20.3 Å². The number of carbonyl (C=O) groups excluding carboxylic acids is 2. The Bertz CT molecular complexity index is 727. The first-order valence-electron chi connectivity index (χ1n) is 8.38. The molecule has 26 heavy (non-hydrogen) atoms. The number of hydrogen-bond donors (Lipinski definition) is 1. The molecule has 0 fully saturated rings. The van der Waals surface area contributed by atoms with Gasteiger partial charge in [0, 0.05) is 6.54 Å². The molecule has 2 rings (SSSR count). The second kappa shape index (κ2) is 10.1. The van der Waals surface area contributed by atoms with E-state index in [1.54, 1.807) is 13.2 Å². The normalized spacial score (nSPS) is 10.1. The average molecular weight is 357 g/mol. The van der Waals surface area contributed by atoms with Gasteiger partial charge < -0.3 is 19.5 Å². The summed E-state index contributed by atoms with van der Waals surface area (Å²) in [5, 5.41) is 2.69. The molecule has 0 unspecified atom stereocenters. The van der Waals surface area contributed by atoms with Gasteiger partial charge in [-0.15, -0.1) is 0 Å². The fourth-order valence-electron chi connectivity index (χ4n) is 2.26. The molecule has 6 heteroatoms. The van der Waals surface area contributed by atoms with Crippen LogP contribution in [0, 0.1) is 0 Å². The van der Waals surface area contributed by atoms with Crippen LogP contribution in [0.15, 0.2) is 48.5 Å². The first-order valence-corrected chi connectivity index (χ1v) is 8.38. The first kappa shape index (κ1) is 19.3. The van der Waals surface area contributed by atoms with Crippen LogP contribution in [0.4, 0.5) is 0 Å². The minimum absolute atomic E-state index is 0.233. The molecule has 0 saturated carbocycles. The Morgan fingerprint density at radius 2 is 1.73 bits per heavy atom. The Balaban J connectivity index is 1.68. The number of nitrogens with one attached hydrogen (secondary N) is 1. The van der Waals surface area contributed by atoms with Gasteiger partial charge in [0.2, 0.25) is 0 Å². The van der Waals surface area contributed by atoms with Gasteiger partial charge in [0.05, 0.1) is 7.11 Å². The van der Waals surface area contributed by atoms with Crippen LogP contribution in [-0.2, 0) is 27.3 Å². The summed E-state index contributed by atoms with van der Waals surface area (Å²) in [5.74, 6) is 0.438. The number of aryl methyl sites for hydroxylation is 1. The Labute approximate surface area is 153 Å². The van der Waals surface area contributed by atoms with Gasteiger partial charge in [0.25, 0.3) is 5.91 Å². The number of benzene rings is 2. The van der Waals surface area contributed by atoms with Crippen molar-refractivity contribution < 1.29 is 23.8 Å².